The van der Waals surface area contributed by atoms with Crippen LogP contribution in [-0.4, -0.2) is 25.4 Å². The van der Waals surface area contributed by atoms with Gasteiger partial charge in [-0.2, -0.15) is 0 Å². The number of hydrogen-bond acceptors (Lipinski definition) is 8. The first-order valence-electron chi connectivity index (χ1n) is 6.97. The van der Waals surface area contributed by atoms with E-state index in [0.717, 1.165) is 0 Å². The van der Waals surface area contributed by atoms with Crippen molar-refractivity contribution in [1.29, 1.82) is 0 Å². The summed E-state index contributed by atoms with van der Waals surface area (Å²) in [6.07, 6.45) is 1.42. The molecule has 0 saturated carbocycles. The molecule has 0 aliphatic heterocycles. The van der Waals surface area contributed by atoms with Crippen LogP contribution < -0.4 is 35.1 Å². The van der Waals surface area contributed by atoms with Crippen molar-refractivity contribution in [2.24, 2.45) is 35.1 Å². The van der Waals surface area contributed by atoms with Gasteiger partial charge in [0.1, 0.15) is 18.8 Å². The van der Waals surface area contributed by atoms with Crippen LogP contribution in [0.25, 0.3) is 0 Å². The van der Waals surface area contributed by atoms with E-state index in [1.807, 2.05) is 20.8 Å². The molecular formula is C9H34N9O2P2+3. The van der Waals surface area contributed by atoms with Gasteiger partial charge in [0.2, 0.25) is 0 Å². The van der Waals surface area contributed by atoms with Crippen molar-refractivity contribution in [1.82, 2.24) is 0 Å². The third-order valence-corrected chi connectivity index (χ3v) is 5.04. The van der Waals surface area contributed by atoms with Crippen molar-refractivity contribution in [3.8, 4) is 0 Å². The number of hydrogen-bond donors (Lipinski definition) is 6. The first-order chi connectivity index (χ1) is 9.60. The zero-order valence-electron chi connectivity index (χ0n) is 13.9. The highest BCUT2D eigenvalue weighted by atomic mass is 31.1. The maximum absolute atomic E-state index is 6.09. The minimum Gasteiger partial charge on any atom is -0.139 e. The molecule has 0 spiro atoms. The maximum Gasteiger partial charge on any atom is 0.302 e. The van der Waals surface area contributed by atoms with E-state index in [4.69, 9.17) is 44.7 Å². The first-order valence-corrected chi connectivity index (χ1v) is 8.00. The Bertz CT molecular complexity index is 367. The van der Waals surface area contributed by atoms with Crippen molar-refractivity contribution in [2.45, 2.75) is 58.4 Å². The third-order valence-electron chi connectivity index (χ3n) is 3.89. The van der Waals surface area contributed by atoms with Crippen LogP contribution in [-0.2, 0) is 9.68 Å². The van der Waals surface area contributed by atoms with Gasteiger partial charge in [-0.3, -0.25) is 0 Å². The average molecular weight is 362 g/mol. The summed E-state index contributed by atoms with van der Waals surface area (Å²) < 4.78 is -0.262. The Labute approximate surface area is 136 Å². The zero-order valence-corrected chi connectivity index (χ0v) is 16.2. The standard InChI is InChI=1S/C9H34N9O2P2/c1-5-8(4,16(10,11)12)19-17(21,22)9(6-2,7-3)20-18(13,14)15/h5-7,10-15,21-22H2,1-4H3/q+3. The monoisotopic (exact) mass is 362 g/mol. The highest BCUT2D eigenvalue weighted by Gasteiger charge is 2.59. The Morgan fingerprint density at radius 2 is 1.23 bits per heavy atom. The van der Waals surface area contributed by atoms with Gasteiger partial charge >= 0.3 is 5.72 Å². The van der Waals surface area contributed by atoms with Gasteiger partial charge in [-0.1, -0.05) is 30.4 Å². The first kappa shape index (κ1) is 22.4. The van der Waals surface area contributed by atoms with E-state index in [1.165, 1.54) is 0 Å². The molecule has 0 amide bonds. The van der Waals surface area contributed by atoms with Gasteiger partial charge in [0.05, 0.1) is 0 Å². The molecule has 3 unspecified atom stereocenters. The van der Waals surface area contributed by atoms with E-state index in [1.54, 1.807) is 6.92 Å². The lowest BCUT2D eigenvalue weighted by Gasteiger charge is -2.47. The van der Waals surface area contributed by atoms with Gasteiger partial charge in [0, 0.05) is 31.2 Å². The Balaban J connectivity index is 5.73. The third kappa shape index (κ3) is 4.96. The molecule has 0 rings (SSSR count). The molecule has 0 aromatic carbocycles. The van der Waals surface area contributed by atoms with Crippen molar-refractivity contribution in [3.63, 3.8) is 0 Å². The van der Waals surface area contributed by atoms with Gasteiger partial charge in [-0.05, 0) is 0 Å². The minimum absolute atomic E-state index is 0.262. The molecule has 0 aliphatic carbocycles. The second-order valence-corrected chi connectivity index (χ2v) is 7.80. The highest BCUT2D eigenvalue weighted by Crippen LogP contribution is 2.46. The van der Waals surface area contributed by atoms with Gasteiger partial charge < -0.3 is 0 Å². The summed E-state index contributed by atoms with van der Waals surface area (Å²) in [6.45, 7) is 7.33. The molecule has 0 aromatic heterocycles. The van der Waals surface area contributed by atoms with Crippen LogP contribution in [0, 0.1) is 0 Å². The molecule has 134 valence electrons. The summed E-state index contributed by atoms with van der Waals surface area (Å²) in [5.41, 5.74) is -2.12. The Hall–Kier alpha value is 0.420. The lowest BCUT2D eigenvalue weighted by atomic mass is 10.1. The molecule has 13 heteroatoms. The summed E-state index contributed by atoms with van der Waals surface area (Å²) in [5, 5.41) is 0. The second kappa shape index (κ2) is 7.12. The second-order valence-electron chi connectivity index (χ2n) is 5.67. The molecule has 0 saturated heterocycles. The summed E-state index contributed by atoms with van der Waals surface area (Å²) in [6, 6.07) is 0. The largest absolute Gasteiger partial charge is 0.302 e. The minimum atomic E-state index is -1.16. The van der Waals surface area contributed by atoms with Crippen LogP contribution in [0.15, 0.2) is 0 Å². The van der Waals surface area contributed by atoms with Crippen LogP contribution in [0.3, 0.4) is 0 Å². The molecule has 0 radical (unpaired) electrons. The molecule has 0 heterocycles. The Morgan fingerprint density at radius 3 is 1.45 bits per heavy atom. The lowest BCUT2D eigenvalue weighted by molar-refractivity contribution is -1.19. The topological polar surface area (TPSA) is 175 Å². The van der Waals surface area contributed by atoms with Crippen molar-refractivity contribution < 1.29 is 23.6 Å². The quantitative estimate of drug-likeness (QED) is 0.0971. The normalized spacial score (nSPS) is 17.5. The Morgan fingerprint density at radius 1 is 0.818 bits per heavy atom. The van der Waals surface area contributed by atoms with Gasteiger partial charge in [0.25, 0.3) is 5.72 Å². The predicted molar refractivity (Wildman–Crippen MR) is 89.5 cm³/mol. The van der Waals surface area contributed by atoms with E-state index in [-0.39, 0.29) is 4.19 Å². The van der Waals surface area contributed by atoms with Gasteiger partial charge in [-0.15, -0.1) is 44.1 Å². The molecule has 11 nitrogen and oxygen atoms in total. The predicted octanol–water partition coefficient (Wildman–Crippen LogP) is -1.24. The maximum atomic E-state index is 6.09. The lowest BCUT2D eigenvalue weighted by Crippen LogP contribution is -2.80. The summed E-state index contributed by atoms with van der Waals surface area (Å²) in [5.74, 6) is 34.1. The van der Waals surface area contributed by atoms with Crippen molar-refractivity contribution in [3.05, 3.63) is 0 Å². The number of rotatable bonds is 9. The van der Waals surface area contributed by atoms with E-state index >= 15 is 0 Å². The molecule has 22 heavy (non-hydrogen) atoms. The van der Waals surface area contributed by atoms with E-state index in [2.05, 4.69) is 18.8 Å². The van der Waals surface area contributed by atoms with Crippen LogP contribution in [0.5, 0.6) is 0 Å². The summed E-state index contributed by atoms with van der Waals surface area (Å²) in [4.78, 5) is 9.70. The average Bonchev–Trinajstić information content (AvgIpc) is 2.32. The van der Waals surface area contributed by atoms with Gasteiger partial charge in [-0.25, -0.2) is 0 Å². The van der Waals surface area contributed by atoms with Gasteiger partial charge in [0.15, 0.2) is 0 Å². The number of hydroxylamine groups is 1. The number of quaternary nitrogens is 3. The molecular weight excluding hydrogens is 328 g/mol. The molecule has 12 N–H and O–H groups in total. The molecule has 0 aromatic rings. The van der Waals surface area contributed by atoms with E-state index in [0.29, 0.717) is 19.3 Å². The molecule has 3 atom stereocenters. The van der Waals surface area contributed by atoms with E-state index < -0.39 is 21.2 Å². The fourth-order valence-corrected chi connectivity index (χ4v) is 3.33. The summed E-state index contributed by atoms with van der Waals surface area (Å²) in [7, 11) is 5.01. The van der Waals surface area contributed by atoms with Crippen LogP contribution >= 0.6 is 18.8 Å². The van der Waals surface area contributed by atoms with Crippen LogP contribution in [0.1, 0.15) is 47.0 Å². The molecule has 0 bridgehead atoms. The van der Waals surface area contributed by atoms with Crippen molar-refractivity contribution in [2.75, 3.05) is 0 Å². The smallest absolute Gasteiger partial charge is 0.139 e. The van der Waals surface area contributed by atoms with Crippen LogP contribution in [0.2, 0.25) is 0 Å². The SMILES string of the molecule is CCC(C)(O[N+](P)(P)C(CC)(CC)O[N+](N)(N)N)[N+](N)(N)N. The summed E-state index contributed by atoms with van der Waals surface area (Å²) >= 11 is 0. The van der Waals surface area contributed by atoms with Crippen LogP contribution in [0.4, 0.5) is 0 Å². The van der Waals surface area contributed by atoms with Crippen molar-refractivity contribution >= 4 is 18.8 Å². The number of nitrogens with two attached hydrogens (primary N) is 6. The number of nitrogens with zero attached hydrogens (tertiary/aromatic N) is 3. The zero-order chi connectivity index (χ0) is 18.0. The highest BCUT2D eigenvalue weighted by molar-refractivity contribution is 7.23. The molecule has 0 fully saturated rings. The van der Waals surface area contributed by atoms with E-state index in [9.17, 15) is 0 Å². The molecule has 0 aliphatic rings. The fourth-order valence-electron chi connectivity index (χ4n) is 2.05. The fraction of sp³-hybridized carbons (Fsp3) is 1.00. The Kier molecular flexibility index (Phi) is 7.26.